The van der Waals surface area contributed by atoms with E-state index >= 15 is 0 Å². The number of ether oxygens (including phenoxy) is 1. The lowest BCUT2D eigenvalue weighted by atomic mass is 9.98. The number of esters is 1. The van der Waals surface area contributed by atoms with Crippen molar-refractivity contribution in [2.75, 3.05) is 24.6 Å². The van der Waals surface area contributed by atoms with Crippen LogP contribution in [-0.4, -0.2) is 42.5 Å². The summed E-state index contributed by atoms with van der Waals surface area (Å²) in [6.07, 6.45) is 2.74. The molecule has 1 amide bonds. The number of nitro groups is 1. The van der Waals surface area contributed by atoms with E-state index in [0.717, 1.165) is 32.4 Å². The highest BCUT2D eigenvalue weighted by Gasteiger charge is 2.24. The molecule has 0 unspecified atom stereocenters. The number of carbonyl (C=O) groups is 2. The van der Waals surface area contributed by atoms with Gasteiger partial charge in [-0.1, -0.05) is 13.8 Å². The van der Waals surface area contributed by atoms with E-state index in [0.29, 0.717) is 11.6 Å². The average molecular weight is 377 g/mol. The van der Waals surface area contributed by atoms with Gasteiger partial charge in [0.1, 0.15) is 0 Å². The van der Waals surface area contributed by atoms with Crippen LogP contribution in [0.5, 0.6) is 0 Å². The fraction of sp³-hybridized carbons (Fsp3) is 0.579. The zero-order valence-electron chi connectivity index (χ0n) is 16.1. The third-order valence-corrected chi connectivity index (χ3v) is 4.89. The van der Waals surface area contributed by atoms with Gasteiger partial charge in [-0.2, -0.15) is 0 Å². The molecule has 1 saturated heterocycles. The number of anilines is 1. The van der Waals surface area contributed by atoms with Crippen molar-refractivity contribution in [2.45, 2.75) is 46.1 Å². The summed E-state index contributed by atoms with van der Waals surface area (Å²) >= 11 is 0. The normalized spacial score (nSPS) is 15.9. The number of benzene rings is 1. The Balaban J connectivity index is 2.16. The van der Waals surface area contributed by atoms with Crippen molar-refractivity contribution in [1.82, 2.24) is 5.32 Å². The Kier molecular flexibility index (Phi) is 7.15. The molecule has 1 aliphatic heterocycles. The number of amides is 1. The van der Waals surface area contributed by atoms with E-state index in [-0.39, 0.29) is 17.3 Å². The number of non-ortho nitro benzene ring substituents is 1. The Bertz CT molecular complexity index is 699. The van der Waals surface area contributed by atoms with E-state index in [1.165, 1.54) is 12.1 Å². The maximum atomic E-state index is 12.6. The van der Waals surface area contributed by atoms with Gasteiger partial charge in [-0.3, -0.25) is 14.9 Å². The summed E-state index contributed by atoms with van der Waals surface area (Å²) in [7, 11) is 0. The van der Waals surface area contributed by atoms with E-state index in [1.54, 1.807) is 6.07 Å². The Labute approximate surface area is 159 Å². The predicted octanol–water partition coefficient (Wildman–Crippen LogP) is 2.90. The summed E-state index contributed by atoms with van der Waals surface area (Å²) in [6, 6.07) is 4.19. The minimum atomic E-state index is -0.730. The highest BCUT2D eigenvalue weighted by molar-refractivity contribution is 5.97. The SMILES string of the molecule is CC[C@H](C)NC(=O)COC(=O)c1cc([N+](=O)[O-])ccc1N1CCC(C)CC1. The molecule has 0 radical (unpaired) electrons. The van der Waals surface area contributed by atoms with Gasteiger partial charge in [0.2, 0.25) is 0 Å². The van der Waals surface area contributed by atoms with Gasteiger partial charge in [0, 0.05) is 31.3 Å². The molecule has 0 spiro atoms. The van der Waals surface area contributed by atoms with Gasteiger partial charge < -0.3 is 15.0 Å². The molecule has 8 heteroatoms. The second kappa shape index (κ2) is 9.34. The topological polar surface area (TPSA) is 102 Å². The lowest BCUT2D eigenvalue weighted by Gasteiger charge is -2.33. The molecule has 148 valence electrons. The molecule has 1 atom stereocenters. The fourth-order valence-corrected chi connectivity index (χ4v) is 2.95. The van der Waals surface area contributed by atoms with Crippen molar-refractivity contribution in [3.63, 3.8) is 0 Å². The zero-order valence-corrected chi connectivity index (χ0v) is 16.1. The van der Waals surface area contributed by atoms with E-state index < -0.39 is 23.4 Å². The molecular formula is C19H27N3O5. The van der Waals surface area contributed by atoms with E-state index in [4.69, 9.17) is 4.74 Å². The number of hydrogen-bond acceptors (Lipinski definition) is 6. The maximum Gasteiger partial charge on any atom is 0.341 e. The summed E-state index contributed by atoms with van der Waals surface area (Å²) in [5, 5.41) is 13.8. The molecule has 27 heavy (non-hydrogen) atoms. The zero-order chi connectivity index (χ0) is 20.0. The molecule has 0 bridgehead atoms. The second-order valence-corrected chi connectivity index (χ2v) is 7.08. The van der Waals surface area contributed by atoms with Crippen LogP contribution in [0, 0.1) is 16.0 Å². The molecule has 0 aromatic heterocycles. The van der Waals surface area contributed by atoms with Gasteiger partial charge in [-0.25, -0.2) is 4.79 Å². The molecule has 1 aromatic carbocycles. The van der Waals surface area contributed by atoms with Crippen LogP contribution < -0.4 is 10.2 Å². The molecule has 1 fully saturated rings. The molecular weight excluding hydrogens is 350 g/mol. The highest BCUT2D eigenvalue weighted by Crippen LogP contribution is 2.29. The van der Waals surface area contributed by atoms with Crippen molar-refractivity contribution in [3.05, 3.63) is 33.9 Å². The molecule has 1 aliphatic rings. The minimum Gasteiger partial charge on any atom is -0.452 e. The quantitative estimate of drug-likeness (QED) is 0.445. The number of hydrogen-bond donors (Lipinski definition) is 1. The first kappa shape index (κ1) is 20.7. The first-order valence-corrected chi connectivity index (χ1v) is 9.31. The van der Waals surface area contributed by atoms with Gasteiger partial charge in [0.15, 0.2) is 6.61 Å². The number of nitrogens with zero attached hydrogens (tertiary/aromatic N) is 2. The van der Waals surface area contributed by atoms with Gasteiger partial charge in [0.25, 0.3) is 11.6 Å². The van der Waals surface area contributed by atoms with Crippen LogP contribution in [0.25, 0.3) is 0 Å². The number of carbonyl (C=O) groups excluding carboxylic acids is 2. The van der Waals surface area contributed by atoms with Crippen LogP contribution in [0.1, 0.15) is 50.4 Å². The van der Waals surface area contributed by atoms with E-state index in [1.807, 2.05) is 18.7 Å². The Morgan fingerprint density at radius 2 is 2.04 bits per heavy atom. The summed E-state index contributed by atoms with van der Waals surface area (Å²) < 4.78 is 5.12. The molecule has 0 aliphatic carbocycles. The maximum absolute atomic E-state index is 12.6. The Hall–Kier alpha value is -2.64. The largest absolute Gasteiger partial charge is 0.452 e. The summed E-state index contributed by atoms with van der Waals surface area (Å²) in [4.78, 5) is 37.0. The number of rotatable bonds is 7. The van der Waals surface area contributed by atoms with Gasteiger partial charge in [-0.05, 0) is 38.2 Å². The third-order valence-electron chi connectivity index (χ3n) is 4.89. The van der Waals surface area contributed by atoms with E-state index in [9.17, 15) is 19.7 Å². The van der Waals surface area contributed by atoms with Crippen molar-refractivity contribution >= 4 is 23.3 Å². The smallest absolute Gasteiger partial charge is 0.341 e. The van der Waals surface area contributed by atoms with Crippen molar-refractivity contribution in [1.29, 1.82) is 0 Å². The number of nitrogens with one attached hydrogen (secondary N) is 1. The van der Waals surface area contributed by atoms with Gasteiger partial charge >= 0.3 is 5.97 Å². The molecule has 0 saturated carbocycles. The van der Waals surface area contributed by atoms with Crippen molar-refractivity contribution < 1.29 is 19.2 Å². The summed E-state index contributed by atoms with van der Waals surface area (Å²) in [5.74, 6) is -0.512. The molecule has 1 N–H and O–H groups in total. The van der Waals surface area contributed by atoms with Crippen molar-refractivity contribution in [2.24, 2.45) is 5.92 Å². The first-order chi connectivity index (χ1) is 12.8. The van der Waals surface area contributed by atoms with Crippen LogP contribution in [0.15, 0.2) is 18.2 Å². The lowest BCUT2D eigenvalue weighted by Crippen LogP contribution is -2.36. The standard InChI is InChI=1S/C19H27N3O5/c1-4-14(3)20-18(23)12-27-19(24)16-11-15(22(25)26)5-6-17(16)21-9-7-13(2)8-10-21/h5-6,11,13-14H,4,7-10,12H2,1-3H3,(H,20,23)/t14-/m0/s1. The Morgan fingerprint density at radius 3 is 2.63 bits per heavy atom. The van der Waals surface area contributed by atoms with Crippen LogP contribution in [0.4, 0.5) is 11.4 Å². The first-order valence-electron chi connectivity index (χ1n) is 9.31. The Morgan fingerprint density at radius 1 is 1.37 bits per heavy atom. The van der Waals surface area contributed by atoms with Crippen LogP contribution in [-0.2, 0) is 9.53 Å². The van der Waals surface area contributed by atoms with Crippen LogP contribution in [0.2, 0.25) is 0 Å². The highest BCUT2D eigenvalue weighted by atomic mass is 16.6. The minimum absolute atomic E-state index is 0.0140. The molecule has 2 rings (SSSR count). The lowest BCUT2D eigenvalue weighted by molar-refractivity contribution is -0.384. The van der Waals surface area contributed by atoms with Crippen molar-refractivity contribution in [3.8, 4) is 0 Å². The average Bonchev–Trinajstić information content (AvgIpc) is 2.66. The summed E-state index contributed by atoms with van der Waals surface area (Å²) in [6.45, 7) is 7.10. The second-order valence-electron chi connectivity index (χ2n) is 7.08. The molecule has 8 nitrogen and oxygen atoms in total. The molecule has 1 aromatic rings. The van der Waals surface area contributed by atoms with E-state index in [2.05, 4.69) is 12.2 Å². The van der Waals surface area contributed by atoms with Crippen LogP contribution in [0.3, 0.4) is 0 Å². The predicted molar refractivity (Wildman–Crippen MR) is 102 cm³/mol. The fourth-order valence-electron chi connectivity index (χ4n) is 2.95. The third kappa shape index (κ3) is 5.67. The monoisotopic (exact) mass is 377 g/mol. The molecule has 1 heterocycles. The van der Waals surface area contributed by atoms with Crippen LogP contribution >= 0.6 is 0 Å². The summed E-state index contributed by atoms with van der Waals surface area (Å²) in [5.41, 5.74) is 0.551. The number of nitro benzene ring substituents is 1. The van der Waals surface area contributed by atoms with Gasteiger partial charge in [0.05, 0.1) is 16.2 Å². The van der Waals surface area contributed by atoms with Gasteiger partial charge in [-0.15, -0.1) is 0 Å². The number of piperidine rings is 1.